The minimum absolute atomic E-state index is 0.0642. The van der Waals surface area contributed by atoms with Gasteiger partial charge in [-0.05, 0) is 57.8 Å². The third-order valence-corrected chi connectivity index (χ3v) is 18.1. The maximum absolute atomic E-state index is 12.6. The lowest BCUT2D eigenvalue weighted by atomic mass is 10.0. The molecule has 4 heteroatoms. The summed E-state index contributed by atoms with van der Waals surface area (Å²) in [4.78, 5) is 12.6. The molecule has 0 spiro atoms. The molecule has 0 aliphatic carbocycles. The fraction of sp³-hybridized carbons (Fsp3) is 0.910. The van der Waals surface area contributed by atoms with Gasteiger partial charge in [0.25, 0.3) is 0 Å². The second kappa shape index (κ2) is 73.9. The summed E-state index contributed by atoms with van der Waals surface area (Å²) in [6.07, 6.45) is 103. The molecule has 0 aliphatic heterocycles. The van der Waals surface area contributed by atoms with E-state index in [0.29, 0.717) is 6.42 Å². The summed E-state index contributed by atoms with van der Waals surface area (Å²) >= 11 is 0. The minimum atomic E-state index is -0.863. The van der Waals surface area contributed by atoms with Crippen LogP contribution in [0.1, 0.15) is 438 Å². The largest absolute Gasteiger partial charge is 0.394 e. The standard InChI is InChI=1S/C78H151NO3/c1-3-5-7-9-11-13-15-17-19-21-23-25-27-29-31-33-35-37-38-39-40-42-44-46-48-50-52-54-56-58-60-62-64-66-68-70-72-74-78(82)79-76(75-80)77(81)73-71-69-67-65-63-61-59-57-55-53-51-49-47-45-43-41-36-34-32-30-28-26-24-22-20-18-16-14-12-10-8-6-4-2/h21,23,63,65,71,73,76-77,80-81H,3-20,22,24-62,64,66-70,72,74-75H2,1-2H3,(H,79,82)/b23-21-,65-63+,73-71+. The van der Waals surface area contributed by atoms with Crippen molar-refractivity contribution in [1.82, 2.24) is 5.32 Å². The highest BCUT2D eigenvalue weighted by Gasteiger charge is 2.18. The number of amides is 1. The molecule has 0 fully saturated rings. The number of aliphatic hydroxyl groups is 2. The van der Waals surface area contributed by atoms with E-state index in [0.717, 1.165) is 32.1 Å². The van der Waals surface area contributed by atoms with E-state index in [-0.39, 0.29) is 12.5 Å². The number of hydrogen-bond donors (Lipinski definition) is 3. The number of allylic oxidation sites excluding steroid dienone is 5. The van der Waals surface area contributed by atoms with Gasteiger partial charge >= 0.3 is 0 Å². The number of aliphatic hydroxyl groups excluding tert-OH is 2. The zero-order valence-corrected chi connectivity index (χ0v) is 56.3. The maximum Gasteiger partial charge on any atom is 0.220 e. The molecule has 486 valence electrons. The van der Waals surface area contributed by atoms with E-state index < -0.39 is 12.1 Å². The van der Waals surface area contributed by atoms with Gasteiger partial charge in [-0.1, -0.05) is 410 Å². The fourth-order valence-electron chi connectivity index (χ4n) is 12.3. The Kier molecular flexibility index (Phi) is 72.6. The molecule has 0 aromatic carbocycles. The van der Waals surface area contributed by atoms with Crippen LogP contribution < -0.4 is 5.32 Å². The summed E-state index contributed by atoms with van der Waals surface area (Å²) < 4.78 is 0. The first-order chi connectivity index (χ1) is 40.7. The predicted octanol–water partition coefficient (Wildman–Crippen LogP) is 26.3. The van der Waals surface area contributed by atoms with Gasteiger partial charge in [-0.25, -0.2) is 0 Å². The van der Waals surface area contributed by atoms with Crippen molar-refractivity contribution in [3.63, 3.8) is 0 Å². The van der Waals surface area contributed by atoms with Crippen molar-refractivity contribution in [3.8, 4) is 0 Å². The number of carbonyl (C=O) groups is 1. The van der Waals surface area contributed by atoms with Crippen molar-refractivity contribution in [2.45, 2.75) is 450 Å². The predicted molar refractivity (Wildman–Crippen MR) is 369 cm³/mol. The van der Waals surface area contributed by atoms with Crippen LogP contribution in [0, 0.1) is 0 Å². The minimum Gasteiger partial charge on any atom is -0.394 e. The van der Waals surface area contributed by atoms with Crippen LogP contribution in [-0.2, 0) is 4.79 Å². The van der Waals surface area contributed by atoms with Crippen molar-refractivity contribution >= 4 is 5.91 Å². The van der Waals surface area contributed by atoms with Crippen molar-refractivity contribution in [2.75, 3.05) is 6.61 Å². The number of unbranched alkanes of at least 4 members (excludes halogenated alkanes) is 61. The Hall–Kier alpha value is -1.39. The number of rotatable bonds is 72. The first-order valence-corrected chi connectivity index (χ1v) is 38.2. The van der Waals surface area contributed by atoms with Gasteiger partial charge in [-0.2, -0.15) is 0 Å². The van der Waals surface area contributed by atoms with Gasteiger partial charge in [0.05, 0.1) is 18.8 Å². The first-order valence-electron chi connectivity index (χ1n) is 38.2. The highest BCUT2D eigenvalue weighted by Crippen LogP contribution is 2.20. The molecule has 0 aromatic heterocycles. The van der Waals surface area contributed by atoms with Gasteiger partial charge in [0.15, 0.2) is 0 Å². The molecule has 4 nitrogen and oxygen atoms in total. The van der Waals surface area contributed by atoms with E-state index in [4.69, 9.17) is 0 Å². The smallest absolute Gasteiger partial charge is 0.220 e. The molecule has 3 N–H and O–H groups in total. The molecule has 0 saturated carbocycles. The number of carbonyl (C=O) groups excluding carboxylic acids is 1. The van der Waals surface area contributed by atoms with Crippen LogP contribution in [0.3, 0.4) is 0 Å². The molecule has 0 aromatic rings. The molecule has 82 heavy (non-hydrogen) atoms. The van der Waals surface area contributed by atoms with Crippen LogP contribution in [-0.4, -0.2) is 34.9 Å². The molecule has 2 unspecified atom stereocenters. The van der Waals surface area contributed by atoms with Gasteiger partial charge < -0.3 is 15.5 Å². The summed E-state index contributed by atoms with van der Waals surface area (Å²) in [6.45, 7) is 4.35. The highest BCUT2D eigenvalue weighted by atomic mass is 16.3. The topological polar surface area (TPSA) is 69.6 Å². The third kappa shape index (κ3) is 69.4. The summed E-state index contributed by atoms with van der Waals surface area (Å²) in [5.41, 5.74) is 0. The molecular formula is C78H151NO3. The first kappa shape index (κ1) is 80.6. The Morgan fingerprint density at radius 1 is 0.280 bits per heavy atom. The monoisotopic (exact) mass is 1150 g/mol. The molecule has 0 saturated heterocycles. The number of hydrogen-bond acceptors (Lipinski definition) is 3. The second-order valence-electron chi connectivity index (χ2n) is 26.4. The van der Waals surface area contributed by atoms with E-state index in [9.17, 15) is 15.0 Å². The van der Waals surface area contributed by atoms with Crippen LogP contribution in [0.25, 0.3) is 0 Å². The van der Waals surface area contributed by atoms with Crippen molar-refractivity contribution in [2.24, 2.45) is 0 Å². The molecule has 2 atom stereocenters. The third-order valence-electron chi connectivity index (χ3n) is 18.1. The summed E-state index contributed by atoms with van der Waals surface area (Å²) in [5.74, 6) is -0.0642. The Morgan fingerprint density at radius 2 is 0.476 bits per heavy atom. The van der Waals surface area contributed by atoms with Crippen LogP contribution in [0.15, 0.2) is 36.5 Å². The van der Waals surface area contributed by atoms with Crippen LogP contribution in [0.4, 0.5) is 0 Å². The maximum atomic E-state index is 12.6. The van der Waals surface area contributed by atoms with E-state index >= 15 is 0 Å². The quantitative estimate of drug-likeness (QED) is 0.0420. The lowest BCUT2D eigenvalue weighted by Crippen LogP contribution is -2.45. The van der Waals surface area contributed by atoms with Crippen LogP contribution in [0.5, 0.6) is 0 Å². The van der Waals surface area contributed by atoms with E-state index in [2.05, 4.69) is 43.5 Å². The van der Waals surface area contributed by atoms with Crippen LogP contribution in [0.2, 0.25) is 0 Å². The summed E-state index contributed by atoms with van der Waals surface area (Å²) in [6, 6.07) is -0.639. The van der Waals surface area contributed by atoms with Gasteiger partial charge in [-0.15, -0.1) is 0 Å². The van der Waals surface area contributed by atoms with E-state index in [1.54, 1.807) is 6.08 Å². The average Bonchev–Trinajstić information content (AvgIpc) is 3.50. The van der Waals surface area contributed by atoms with Gasteiger partial charge in [-0.3, -0.25) is 4.79 Å². The fourth-order valence-corrected chi connectivity index (χ4v) is 12.3. The van der Waals surface area contributed by atoms with Crippen LogP contribution >= 0.6 is 0 Å². The normalized spacial score (nSPS) is 12.8. The second-order valence-corrected chi connectivity index (χ2v) is 26.4. The van der Waals surface area contributed by atoms with Crippen molar-refractivity contribution in [3.05, 3.63) is 36.5 Å². The molecule has 0 aliphatic rings. The average molecular weight is 1150 g/mol. The van der Waals surface area contributed by atoms with Crippen molar-refractivity contribution in [1.29, 1.82) is 0 Å². The molecule has 1 amide bonds. The highest BCUT2D eigenvalue weighted by molar-refractivity contribution is 5.76. The summed E-state index contributed by atoms with van der Waals surface area (Å²) in [7, 11) is 0. The molecule has 0 heterocycles. The lowest BCUT2D eigenvalue weighted by Gasteiger charge is -2.19. The number of nitrogens with one attached hydrogen (secondary N) is 1. The molecule has 0 bridgehead atoms. The van der Waals surface area contributed by atoms with Gasteiger partial charge in [0, 0.05) is 6.42 Å². The Morgan fingerprint density at radius 3 is 0.707 bits per heavy atom. The summed E-state index contributed by atoms with van der Waals surface area (Å²) in [5, 5.41) is 23.3. The van der Waals surface area contributed by atoms with Crippen molar-refractivity contribution < 1.29 is 15.0 Å². The molecule has 0 rings (SSSR count). The Bertz CT molecular complexity index is 1260. The zero-order chi connectivity index (χ0) is 59.1. The zero-order valence-electron chi connectivity index (χ0n) is 56.3. The SMILES string of the molecule is CCCCCCCCCC/C=C\CCCCCCCCCCCCCCCCCCCCCCCCCCCC(=O)NC(CO)C(O)/C=C/CC/C=C/CCCCCCCCCCCCCCCCCCCCCCCCCCCCC. The van der Waals surface area contributed by atoms with E-state index in [1.165, 1.54) is 385 Å². The van der Waals surface area contributed by atoms with Gasteiger partial charge in [0.1, 0.15) is 0 Å². The Labute approximate surface area is 516 Å². The van der Waals surface area contributed by atoms with Gasteiger partial charge in [0.2, 0.25) is 5.91 Å². The lowest BCUT2D eigenvalue weighted by molar-refractivity contribution is -0.123. The van der Waals surface area contributed by atoms with E-state index in [1.807, 2.05) is 6.08 Å². The molecule has 0 radical (unpaired) electrons. The molecular weight excluding hydrogens is 999 g/mol. The Balaban J connectivity index is 3.41.